The van der Waals surface area contributed by atoms with E-state index in [2.05, 4.69) is 27.3 Å². The molecule has 1 heterocycles. The summed E-state index contributed by atoms with van der Waals surface area (Å²) in [4.78, 5) is 18.8. The smallest absolute Gasteiger partial charge is 0.295 e. The normalized spacial score (nSPS) is 10.9. The summed E-state index contributed by atoms with van der Waals surface area (Å²) in [7, 11) is 5.34. The average Bonchev–Trinajstić information content (AvgIpc) is 3.25. The second-order valence-corrected chi connectivity index (χ2v) is 7.87. The summed E-state index contributed by atoms with van der Waals surface area (Å²) < 4.78 is 12.4. The Balaban J connectivity index is 1.47. The van der Waals surface area contributed by atoms with Crippen LogP contribution in [0.1, 0.15) is 33.7 Å². The third-order valence-electron chi connectivity index (χ3n) is 5.33. The van der Waals surface area contributed by atoms with Crippen molar-refractivity contribution in [3.05, 3.63) is 65.2 Å². The van der Waals surface area contributed by atoms with E-state index < -0.39 is 0 Å². The van der Waals surface area contributed by atoms with Crippen molar-refractivity contribution in [2.75, 3.05) is 33.1 Å². The van der Waals surface area contributed by atoms with Crippen LogP contribution in [0.15, 0.2) is 42.7 Å². The van der Waals surface area contributed by atoms with Crippen molar-refractivity contribution in [1.82, 2.24) is 19.7 Å². The first kappa shape index (κ1) is 23.3. The zero-order valence-electron chi connectivity index (χ0n) is 19.4. The van der Waals surface area contributed by atoms with Crippen molar-refractivity contribution in [3.63, 3.8) is 0 Å². The lowest BCUT2D eigenvalue weighted by Crippen LogP contribution is -2.20. The van der Waals surface area contributed by atoms with E-state index in [4.69, 9.17) is 9.47 Å². The molecule has 0 aliphatic rings. The van der Waals surface area contributed by atoms with Crippen molar-refractivity contribution in [1.29, 1.82) is 0 Å². The van der Waals surface area contributed by atoms with Gasteiger partial charge in [0.15, 0.2) is 11.5 Å². The Kier molecular flexibility index (Phi) is 7.83. The second-order valence-electron chi connectivity index (χ2n) is 7.87. The number of hydrogen-bond acceptors (Lipinski definition) is 6. The largest absolute Gasteiger partial charge is 0.493 e. The standard InChI is InChI=1S/C24H31N5O3/c1-17-7-9-20(13-18(17)2)26-24(30)23-25-16-29(27-23)12-6-11-28(3)15-19-8-10-21(31-4)22(14-19)32-5/h7-10,13-14,16H,6,11-12,15H2,1-5H3,(H,26,30). The lowest BCUT2D eigenvalue weighted by molar-refractivity contribution is 0.101. The van der Waals surface area contributed by atoms with Crippen LogP contribution in [0.25, 0.3) is 0 Å². The first-order valence-corrected chi connectivity index (χ1v) is 10.6. The van der Waals surface area contributed by atoms with Gasteiger partial charge in [0.25, 0.3) is 5.91 Å². The van der Waals surface area contributed by atoms with Gasteiger partial charge in [-0.3, -0.25) is 9.48 Å². The van der Waals surface area contributed by atoms with E-state index in [9.17, 15) is 4.79 Å². The molecule has 3 aromatic rings. The topological polar surface area (TPSA) is 81.5 Å². The van der Waals surface area contributed by atoms with E-state index in [1.807, 2.05) is 50.2 Å². The van der Waals surface area contributed by atoms with Crippen LogP contribution < -0.4 is 14.8 Å². The van der Waals surface area contributed by atoms with Gasteiger partial charge in [0.05, 0.1) is 14.2 Å². The van der Waals surface area contributed by atoms with Gasteiger partial charge in [-0.15, -0.1) is 5.10 Å². The highest BCUT2D eigenvalue weighted by Gasteiger charge is 2.12. The molecule has 170 valence electrons. The Morgan fingerprint density at radius 3 is 2.56 bits per heavy atom. The molecule has 0 unspecified atom stereocenters. The van der Waals surface area contributed by atoms with Crippen molar-refractivity contribution in [3.8, 4) is 11.5 Å². The third-order valence-corrected chi connectivity index (χ3v) is 5.33. The number of benzene rings is 2. The van der Waals surface area contributed by atoms with Crippen molar-refractivity contribution in [2.45, 2.75) is 33.4 Å². The first-order valence-electron chi connectivity index (χ1n) is 10.6. The van der Waals surface area contributed by atoms with Crippen LogP contribution in [0.5, 0.6) is 11.5 Å². The van der Waals surface area contributed by atoms with Crippen LogP contribution in [-0.4, -0.2) is 53.4 Å². The lowest BCUT2D eigenvalue weighted by Gasteiger charge is -2.17. The predicted octanol–water partition coefficient (Wildman–Crippen LogP) is 3.69. The molecule has 3 rings (SSSR count). The van der Waals surface area contributed by atoms with Gasteiger partial charge in [0, 0.05) is 18.8 Å². The summed E-state index contributed by atoms with van der Waals surface area (Å²) >= 11 is 0. The molecule has 8 heteroatoms. The van der Waals surface area contributed by atoms with Gasteiger partial charge in [-0.2, -0.15) is 0 Å². The fraction of sp³-hybridized carbons (Fsp3) is 0.375. The number of amides is 1. The highest BCUT2D eigenvalue weighted by molar-refractivity contribution is 6.01. The Morgan fingerprint density at radius 1 is 1.06 bits per heavy atom. The number of rotatable bonds is 10. The molecule has 1 amide bonds. The van der Waals surface area contributed by atoms with Gasteiger partial charge in [-0.05, 0) is 74.8 Å². The predicted molar refractivity (Wildman–Crippen MR) is 124 cm³/mol. The highest BCUT2D eigenvalue weighted by Crippen LogP contribution is 2.27. The average molecular weight is 438 g/mol. The van der Waals surface area contributed by atoms with Crippen LogP contribution in [0.4, 0.5) is 5.69 Å². The Bertz CT molecular complexity index is 1060. The molecule has 0 spiro atoms. The van der Waals surface area contributed by atoms with Gasteiger partial charge in [0.2, 0.25) is 5.82 Å². The van der Waals surface area contributed by atoms with Crippen molar-refractivity contribution >= 4 is 11.6 Å². The zero-order valence-corrected chi connectivity index (χ0v) is 19.4. The zero-order chi connectivity index (χ0) is 23.1. The molecule has 2 aromatic carbocycles. The van der Waals surface area contributed by atoms with E-state index >= 15 is 0 Å². The summed E-state index contributed by atoms with van der Waals surface area (Å²) in [5, 5.41) is 7.17. The van der Waals surface area contributed by atoms with Gasteiger partial charge in [-0.1, -0.05) is 12.1 Å². The number of aryl methyl sites for hydroxylation is 3. The first-order chi connectivity index (χ1) is 15.4. The maximum atomic E-state index is 12.4. The maximum absolute atomic E-state index is 12.4. The molecule has 0 fully saturated rings. The van der Waals surface area contributed by atoms with E-state index in [0.29, 0.717) is 6.54 Å². The fourth-order valence-corrected chi connectivity index (χ4v) is 3.38. The number of carbonyl (C=O) groups is 1. The number of aromatic nitrogens is 3. The molecule has 0 atom stereocenters. The summed E-state index contributed by atoms with van der Waals surface area (Å²) in [6.07, 6.45) is 2.48. The molecule has 0 aliphatic carbocycles. The number of ether oxygens (including phenoxy) is 2. The molecule has 0 saturated carbocycles. The molecule has 0 radical (unpaired) electrons. The van der Waals surface area contributed by atoms with Crippen LogP contribution in [0.3, 0.4) is 0 Å². The minimum absolute atomic E-state index is 0.168. The fourth-order valence-electron chi connectivity index (χ4n) is 3.38. The molecular formula is C24H31N5O3. The second kappa shape index (κ2) is 10.8. The molecule has 8 nitrogen and oxygen atoms in total. The van der Waals surface area contributed by atoms with Gasteiger partial charge >= 0.3 is 0 Å². The molecule has 32 heavy (non-hydrogen) atoms. The highest BCUT2D eigenvalue weighted by atomic mass is 16.5. The molecule has 0 bridgehead atoms. The van der Waals surface area contributed by atoms with E-state index in [1.165, 1.54) is 5.56 Å². The Morgan fingerprint density at radius 2 is 1.84 bits per heavy atom. The SMILES string of the molecule is COc1ccc(CN(C)CCCn2cnc(C(=O)Nc3ccc(C)c(C)c3)n2)cc1OC. The Hall–Kier alpha value is -3.39. The molecule has 0 aliphatic heterocycles. The van der Waals surface area contributed by atoms with Gasteiger partial charge < -0.3 is 19.7 Å². The number of nitrogens with one attached hydrogen (secondary N) is 1. The van der Waals surface area contributed by atoms with Gasteiger partial charge in [0.1, 0.15) is 6.33 Å². The number of carbonyl (C=O) groups excluding carboxylic acids is 1. The quantitative estimate of drug-likeness (QED) is 0.521. The minimum Gasteiger partial charge on any atom is -0.493 e. The maximum Gasteiger partial charge on any atom is 0.295 e. The molecule has 1 N–H and O–H groups in total. The minimum atomic E-state index is -0.308. The van der Waals surface area contributed by atoms with E-state index in [0.717, 1.165) is 47.8 Å². The summed E-state index contributed by atoms with van der Waals surface area (Å²) in [6, 6.07) is 11.8. The monoisotopic (exact) mass is 437 g/mol. The van der Waals surface area contributed by atoms with E-state index in [1.54, 1.807) is 25.2 Å². The molecule has 0 saturated heterocycles. The number of methoxy groups -OCH3 is 2. The number of hydrogen-bond donors (Lipinski definition) is 1. The Labute approximate surface area is 189 Å². The summed E-state index contributed by atoms with van der Waals surface area (Å²) in [5.74, 6) is 1.31. The third kappa shape index (κ3) is 6.07. The van der Waals surface area contributed by atoms with Crippen molar-refractivity contribution < 1.29 is 14.3 Å². The van der Waals surface area contributed by atoms with Crippen LogP contribution in [0.2, 0.25) is 0 Å². The van der Waals surface area contributed by atoms with Crippen LogP contribution in [-0.2, 0) is 13.1 Å². The number of nitrogens with zero attached hydrogens (tertiary/aromatic N) is 4. The molecule has 1 aromatic heterocycles. The van der Waals surface area contributed by atoms with Gasteiger partial charge in [-0.25, -0.2) is 4.98 Å². The van der Waals surface area contributed by atoms with Crippen molar-refractivity contribution in [2.24, 2.45) is 0 Å². The summed E-state index contributed by atoms with van der Waals surface area (Å²) in [5.41, 5.74) is 4.20. The molecular weight excluding hydrogens is 406 g/mol. The van der Waals surface area contributed by atoms with Crippen LogP contribution >= 0.6 is 0 Å². The van der Waals surface area contributed by atoms with E-state index in [-0.39, 0.29) is 11.7 Å². The summed E-state index contributed by atoms with van der Waals surface area (Å²) in [6.45, 7) is 6.40. The number of anilines is 1. The van der Waals surface area contributed by atoms with Crippen LogP contribution in [0, 0.1) is 13.8 Å². The lowest BCUT2D eigenvalue weighted by atomic mass is 10.1.